The Kier molecular flexibility index (Phi) is 13.1. The Morgan fingerprint density at radius 1 is 0.961 bits per heavy atom. The van der Waals surface area contributed by atoms with Crippen LogP contribution in [0.1, 0.15) is 105 Å². The molecule has 1 aromatic rings. The van der Waals surface area contributed by atoms with Crippen LogP contribution in [0.15, 0.2) is 42.0 Å². The van der Waals surface area contributed by atoms with E-state index in [4.69, 9.17) is 23.1 Å². The van der Waals surface area contributed by atoms with Gasteiger partial charge in [0, 0.05) is 18.8 Å². The Labute approximate surface area is 311 Å². The fraction of sp³-hybridized carbons (Fsp3) is 0.714. The van der Waals surface area contributed by atoms with Gasteiger partial charge < -0.3 is 23.1 Å². The van der Waals surface area contributed by atoms with Gasteiger partial charge in [-0.2, -0.15) is 0 Å². The highest BCUT2D eigenvalue weighted by molar-refractivity contribution is 6.74. The molecule has 7 nitrogen and oxygen atoms in total. The molecule has 0 amide bonds. The van der Waals surface area contributed by atoms with Crippen molar-refractivity contribution in [1.82, 2.24) is 0 Å². The van der Waals surface area contributed by atoms with Crippen LogP contribution < -0.4 is 4.74 Å². The van der Waals surface area contributed by atoms with Crippen LogP contribution in [0.4, 0.5) is 0 Å². The van der Waals surface area contributed by atoms with Gasteiger partial charge in [-0.1, -0.05) is 85.8 Å². The van der Waals surface area contributed by atoms with E-state index in [2.05, 4.69) is 92.9 Å². The maximum atomic E-state index is 14.0. The zero-order valence-corrected chi connectivity index (χ0v) is 36.2. The number of aryl methyl sites for hydroxylation is 2. The van der Waals surface area contributed by atoms with Gasteiger partial charge >= 0.3 is 11.9 Å². The van der Waals surface area contributed by atoms with Crippen LogP contribution in [0.2, 0.25) is 36.3 Å². The van der Waals surface area contributed by atoms with E-state index < -0.39 is 22.7 Å². The molecule has 8 atom stereocenters. The van der Waals surface area contributed by atoms with Crippen molar-refractivity contribution >= 4 is 28.6 Å². The number of rotatable bonds is 12. The minimum absolute atomic E-state index is 0.00463. The van der Waals surface area contributed by atoms with E-state index in [1.165, 1.54) is 5.57 Å². The molecule has 0 saturated carbocycles. The molecule has 1 fully saturated rings. The third kappa shape index (κ3) is 10.3. The van der Waals surface area contributed by atoms with Gasteiger partial charge in [0.05, 0.1) is 18.6 Å². The summed E-state index contributed by atoms with van der Waals surface area (Å²) in [5.74, 6) is 0.684. The summed E-state index contributed by atoms with van der Waals surface area (Å²) in [6.45, 7) is 30.7. The molecule has 0 radical (unpaired) electrons. The number of carbonyl (C=O) groups excluding carboxylic acids is 2. The van der Waals surface area contributed by atoms with Crippen LogP contribution in [0.5, 0.6) is 5.75 Å². The van der Waals surface area contributed by atoms with Gasteiger partial charge in [0.15, 0.2) is 22.7 Å². The monoisotopic (exact) mass is 740 g/mol. The van der Waals surface area contributed by atoms with Crippen molar-refractivity contribution in [2.45, 2.75) is 175 Å². The number of hydrogen-bond donors (Lipinski definition) is 0. The predicted octanol–water partition coefficient (Wildman–Crippen LogP) is 10.4. The van der Waals surface area contributed by atoms with E-state index in [9.17, 15) is 9.59 Å². The average molecular weight is 741 g/mol. The van der Waals surface area contributed by atoms with E-state index in [1.807, 2.05) is 39.0 Å². The summed E-state index contributed by atoms with van der Waals surface area (Å²) in [5.41, 5.74) is 3.25. The smallest absolute Gasteiger partial charge is 0.347 e. The first-order chi connectivity index (χ1) is 23.5. The first-order valence-corrected chi connectivity index (χ1v) is 25.2. The van der Waals surface area contributed by atoms with Gasteiger partial charge in [0.1, 0.15) is 18.0 Å². The van der Waals surface area contributed by atoms with Gasteiger partial charge in [-0.05, 0) is 104 Å². The highest BCUT2D eigenvalue weighted by atomic mass is 28.4. The SMILES string of the molecule is CCC(Oc1cc(C)ccc1C)C(=O)O[C@H]1C[C@H](O[Si](C)(C)C(C)(C)C)C=C2C=C[C@H](C)[C@H](CC[C@@H]3C[C@@H](O[Si](C)(C)C(C)(C)C)CC(=O)O3)[C@H]21. The van der Waals surface area contributed by atoms with Crippen LogP contribution in [-0.2, 0) is 27.9 Å². The molecule has 1 saturated heterocycles. The number of carbonyl (C=O) groups is 2. The van der Waals surface area contributed by atoms with Crippen molar-refractivity contribution in [2.24, 2.45) is 17.8 Å². The largest absolute Gasteiger partial charge is 0.478 e. The van der Waals surface area contributed by atoms with Gasteiger partial charge in [-0.25, -0.2) is 4.79 Å². The lowest BCUT2D eigenvalue weighted by molar-refractivity contribution is -0.164. The summed E-state index contributed by atoms with van der Waals surface area (Å²) in [7, 11) is -4.15. The van der Waals surface area contributed by atoms with Crippen molar-refractivity contribution in [1.29, 1.82) is 0 Å². The molecule has 2 aliphatic carbocycles. The summed E-state index contributed by atoms with van der Waals surface area (Å²) in [5, 5.41) is 0.112. The standard InChI is InChI=1S/C42H68O7Si2/c1-15-35(46-36-22-27(2)16-17-29(36)4)40(44)47-37-25-32(48-50(11,12)41(5,6)7)23-30-19-18-28(3)34(39(30)37)21-20-31-24-33(26-38(43)45-31)49-51(13,14)42(8,9)10/h16-19,22-23,28,31-35,37,39H,15,20-21,24-26H2,1-14H3/t28-,31+,32+,33+,34-,35?,37-,39-/m0/s1. The van der Waals surface area contributed by atoms with Crippen LogP contribution in [-0.4, -0.2) is 59.1 Å². The third-order valence-corrected chi connectivity index (χ3v) is 21.5. The molecule has 286 valence electrons. The van der Waals surface area contributed by atoms with Crippen molar-refractivity contribution < 1.29 is 32.7 Å². The maximum Gasteiger partial charge on any atom is 0.347 e. The van der Waals surface area contributed by atoms with Gasteiger partial charge in [0.2, 0.25) is 0 Å². The fourth-order valence-corrected chi connectivity index (χ4v) is 9.84. The Bertz CT molecular complexity index is 1450. The number of ether oxygens (including phenoxy) is 3. The van der Waals surface area contributed by atoms with E-state index in [1.54, 1.807) is 0 Å². The summed E-state index contributed by atoms with van der Waals surface area (Å²) in [6, 6.07) is 6.06. The first kappa shape index (κ1) is 41.5. The molecule has 1 unspecified atom stereocenters. The van der Waals surface area contributed by atoms with Crippen molar-refractivity contribution in [3.8, 4) is 5.75 Å². The lowest BCUT2D eigenvalue weighted by Crippen LogP contribution is -2.49. The van der Waals surface area contributed by atoms with Gasteiger partial charge in [0.25, 0.3) is 0 Å². The van der Waals surface area contributed by atoms with Gasteiger partial charge in [-0.3, -0.25) is 4.79 Å². The van der Waals surface area contributed by atoms with Crippen molar-refractivity contribution in [2.75, 3.05) is 0 Å². The second kappa shape index (κ2) is 16.0. The average Bonchev–Trinajstić information content (AvgIpc) is 2.99. The van der Waals surface area contributed by atoms with Crippen LogP contribution in [0.25, 0.3) is 0 Å². The number of esters is 2. The molecule has 4 rings (SSSR count). The lowest BCUT2D eigenvalue weighted by Gasteiger charge is -2.46. The highest BCUT2D eigenvalue weighted by Gasteiger charge is 2.47. The first-order valence-electron chi connectivity index (χ1n) is 19.4. The van der Waals surface area contributed by atoms with E-state index in [0.29, 0.717) is 25.0 Å². The second-order valence-corrected chi connectivity index (χ2v) is 28.1. The molecular weight excluding hydrogens is 673 g/mol. The molecule has 0 bridgehead atoms. The predicted molar refractivity (Wildman–Crippen MR) is 211 cm³/mol. The minimum Gasteiger partial charge on any atom is -0.478 e. The fourth-order valence-electron chi connectivity index (χ4n) is 7.20. The number of hydrogen-bond acceptors (Lipinski definition) is 7. The molecule has 3 aliphatic rings. The zero-order chi connectivity index (χ0) is 38.1. The molecule has 1 heterocycles. The molecule has 9 heteroatoms. The number of fused-ring (bicyclic) bond motifs is 1. The number of cyclic esters (lactones) is 1. The Morgan fingerprint density at radius 3 is 2.24 bits per heavy atom. The molecular formula is C42H68O7Si2. The van der Waals surface area contributed by atoms with Crippen molar-refractivity contribution in [3.63, 3.8) is 0 Å². The molecule has 51 heavy (non-hydrogen) atoms. The minimum atomic E-state index is -2.11. The Balaban J connectivity index is 1.58. The van der Waals surface area contributed by atoms with Gasteiger partial charge in [-0.15, -0.1) is 0 Å². The maximum absolute atomic E-state index is 14.0. The lowest BCUT2D eigenvalue weighted by atomic mass is 9.66. The Morgan fingerprint density at radius 2 is 1.61 bits per heavy atom. The topological polar surface area (TPSA) is 80.3 Å². The van der Waals surface area contributed by atoms with Crippen molar-refractivity contribution in [3.05, 3.63) is 53.1 Å². The second-order valence-electron chi connectivity index (χ2n) is 18.6. The van der Waals surface area contributed by atoms with Crippen LogP contribution >= 0.6 is 0 Å². The third-order valence-electron chi connectivity index (χ3n) is 12.4. The van der Waals surface area contributed by atoms with E-state index in [0.717, 1.165) is 30.4 Å². The number of benzene rings is 1. The summed E-state index contributed by atoms with van der Waals surface area (Å²) in [4.78, 5) is 26.9. The highest BCUT2D eigenvalue weighted by Crippen LogP contribution is 2.47. The zero-order valence-electron chi connectivity index (χ0n) is 34.2. The molecule has 1 aromatic carbocycles. The van der Waals surface area contributed by atoms with Crippen LogP contribution in [0, 0.1) is 31.6 Å². The van der Waals surface area contributed by atoms with Crippen LogP contribution in [0.3, 0.4) is 0 Å². The quantitative estimate of drug-likeness (QED) is 0.156. The molecule has 1 aliphatic heterocycles. The normalized spacial score (nSPS) is 28.0. The molecule has 0 spiro atoms. The number of allylic oxidation sites excluding steroid dienone is 2. The summed E-state index contributed by atoms with van der Waals surface area (Å²) in [6.07, 6.45) is 8.98. The molecule has 0 N–H and O–H groups in total. The Hall–Kier alpha value is -2.21. The van der Waals surface area contributed by atoms with E-state index >= 15 is 0 Å². The summed E-state index contributed by atoms with van der Waals surface area (Å²) < 4.78 is 32.5. The molecule has 0 aromatic heterocycles. The summed E-state index contributed by atoms with van der Waals surface area (Å²) >= 11 is 0. The van der Waals surface area contributed by atoms with E-state index in [-0.39, 0.29) is 64.2 Å².